The number of imidazole rings is 1. The minimum atomic E-state index is -0.771. The van der Waals surface area contributed by atoms with Crippen LogP contribution in [0.15, 0.2) is 41.1 Å². The Bertz CT molecular complexity index is 1380. The molecular formula is C22H17BrF2N6O2. The molecule has 1 saturated carbocycles. The number of benzene rings is 2. The van der Waals surface area contributed by atoms with E-state index in [0.29, 0.717) is 34.3 Å². The third-order valence-corrected chi connectivity index (χ3v) is 7.20. The summed E-state index contributed by atoms with van der Waals surface area (Å²) in [5.74, 6) is -0.947. The van der Waals surface area contributed by atoms with Crippen molar-refractivity contribution in [2.75, 3.05) is 13.7 Å². The highest BCUT2D eigenvalue weighted by Crippen LogP contribution is 2.62. The molecule has 2 aliphatic rings. The molecule has 33 heavy (non-hydrogen) atoms. The van der Waals surface area contributed by atoms with E-state index in [4.69, 9.17) is 4.74 Å². The predicted octanol–water partition coefficient (Wildman–Crippen LogP) is 3.95. The molecule has 1 N–H and O–H groups in total. The van der Waals surface area contributed by atoms with Crippen molar-refractivity contribution in [1.82, 2.24) is 29.9 Å². The van der Waals surface area contributed by atoms with E-state index in [9.17, 15) is 9.18 Å². The van der Waals surface area contributed by atoms with E-state index in [1.165, 1.54) is 36.4 Å². The van der Waals surface area contributed by atoms with Gasteiger partial charge in [0.05, 0.1) is 35.0 Å². The van der Waals surface area contributed by atoms with Gasteiger partial charge in [-0.15, -0.1) is 0 Å². The van der Waals surface area contributed by atoms with E-state index in [0.717, 1.165) is 6.42 Å². The number of ether oxygens (including phenoxy) is 1. The fourth-order valence-corrected chi connectivity index (χ4v) is 5.26. The summed E-state index contributed by atoms with van der Waals surface area (Å²) in [5.41, 5.74) is 0.495. The van der Waals surface area contributed by atoms with Gasteiger partial charge in [0.15, 0.2) is 11.6 Å². The first-order valence-corrected chi connectivity index (χ1v) is 11.1. The number of aromatic nitrogens is 5. The lowest BCUT2D eigenvalue weighted by Gasteiger charge is -2.28. The molecule has 1 saturated heterocycles. The van der Waals surface area contributed by atoms with Gasteiger partial charge in [0, 0.05) is 12.6 Å². The summed E-state index contributed by atoms with van der Waals surface area (Å²) in [6.45, 7) is 0.446. The fraction of sp³-hybridized carbons (Fsp3) is 0.273. The minimum Gasteiger partial charge on any atom is -0.494 e. The summed E-state index contributed by atoms with van der Waals surface area (Å²) in [7, 11) is 1.35. The first kappa shape index (κ1) is 20.3. The van der Waals surface area contributed by atoms with Crippen LogP contribution in [0, 0.1) is 17.6 Å². The molecule has 168 valence electrons. The number of H-pyrrole nitrogens is 1. The smallest absolute Gasteiger partial charge is 0.260 e. The van der Waals surface area contributed by atoms with Gasteiger partial charge in [-0.3, -0.25) is 4.79 Å². The average Bonchev–Trinajstić information content (AvgIpc) is 3.20. The summed E-state index contributed by atoms with van der Waals surface area (Å²) in [4.78, 5) is 24.6. The molecule has 4 aromatic rings. The number of rotatable bonds is 4. The predicted molar refractivity (Wildman–Crippen MR) is 117 cm³/mol. The number of amides is 1. The fourth-order valence-electron chi connectivity index (χ4n) is 4.93. The van der Waals surface area contributed by atoms with E-state index in [1.54, 1.807) is 17.0 Å². The van der Waals surface area contributed by atoms with Crippen LogP contribution in [0.3, 0.4) is 0 Å². The molecule has 0 unspecified atom stereocenters. The van der Waals surface area contributed by atoms with Crippen LogP contribution in [0.1, 0.15) is 29.0 Å². The zero-order valence-electron chi connectivity index (χ0n) is 17.3. The van der Waals surface area contributed by atoms with Crippen molar-refractivity contribution < 1.29 is 18.3 Å². The molecule has 6 rings (SSSR count). The molecule has 2 aromatic heterocycles. The molecule has 8 nitrogen and oxygen atoms in total. The molecule has 3 heterocycles. The number of piperidine rings is 1. The van der Waals surface area contributed by atoms with Crippen LogP contribution in [0.5, 0.6) is 5.75 Å². The lowest BCUT2D eigenvalue weighted by Crippen LogP contribution is -2.40. The maximum Gasteiger partial charge on any atom is 0.260 e. The monoisotopic (exact) mass is 514 g/mol. The van der Waals surface area contributed by atoms with Gasteiger partial charge in [0.1, 0.15) is 28.4 Å². The summed E-state index contributed by atoms with van der Waals surface area (Å²) in [6, 6.07) is 5.97. The van der Waals surface area contributed by atoms with Crippen molar-refractivity contribution >= 4 is 32.9 Å². The maximum atomic E-state index is 15.4. The number of hydrogen-bond donors (Lipinski definition) is 1. The Hall–Kier alpha value is -3.34. The lowest BCUT2D eigenvalue weighted by molar-refractivity contribution is 0.0675. The Kier molecular flexibility index (Phi) is 4.35. The van der Waals surface area contributed by atoms with Crippen molar-refractivity contribution in [2.45, 2.75) is 18.4 Å². The lowest BCUT2D eigenvalue weighted by atomic mass is 10.1. The number of fused-ring (bicyclic) bond motifs is 2. The highest BCUT2D eigenvalue weighted by atomic mass is 79.9. The third kappa shape index (κ3) is 2.84. The molecule has 1 amide bonds. The van der Waals surface area contributed by atoms with E-state index < -0.39 is 23.1 Å². The molecule has 1 aliphatic carbocycles. The molecule has 0 radical (unpaired) electrons. The molecule has 2 atom stereocenters. The summed E-state index contributed by atoms with van der Waals surface area (Å²) in [5, 5.41) is 8.14. The minimum absolute atomic E-state index is 0.0427. The topological polar surface area (TPSA) is 88.9 Å². The highest BCUT2D eigenvalue weighted by molar-refractivity contribution is 9.10. The van der Waals surface area contributed by atoms with Gasteiger partial charge in [-0.25, -0.2) is 13.8 Å². The van der Waals surface area contributed by atoms with Gasteiger partial charge in [0.25, 0.3) is 5.91 Å². The van der Waals surface area contributed by atoms with Gasteiger partial charge in [-0.2, -0.15) is 15.0 Å². The number of nitrogens with zero attached hydrogens (tertiary/aromatic N) is 5. The Morgan fingerprint density at radius 1 is 1.27 bits per heavy atom. The number of likely N-dealkylation sites (tertiary alicyclic amines) is 1. The highest BCUT2D eigenvalue weighted by Gasteiger charge is 2.66. The van der Waals surface area contributed by atoms with Crippen LogP contribution < -0.4 is 4.74 Å². The number of aromatic amines is 1. The van der Waals surface area contributed by atoms with Crippen LogP contribution in [-0.4, -0.2) is 49.4 Å². The van der Waals surface area contributed by atoms with Crippen LogP contribution >= 0.6 is 15.9 Å². The van der Waals surface area contributed by atoms with Crippen LogP contribution in [0.4, 0.5) is 8.78 Å². The van der Waals surface area contributed by atoms with Gasteiger partial charge < -0.3 is 14.6 Å². The normalized spacial score (nSPS) is 21.5. The van der Waals surface area contributed by atoms with E-state index in [-0.39, 0.29) is 22.9 Å². The SMILES string of the molecule is COc1ccc(-n2nccn2)c(C(=O)N2CC[C@@H]3C[C@@]32c2nc3cc(Br)c(F)cc3[nH]2)c1F. The largest absolute Gasteiger partial charge is 0.494 e. The second kappa shape index (κ2) is 7.08. The third-order valence-electron chi connectivity index (χ3n) is 6.59. The second-order valence-electron chi connectivity index (χ2n) is 8.23. The van der Waals surface area contributed by atoms with Crippen LogP contribution in [-0.2, 0) is 5.54 Å². The zero-order valence-corrected chi connectivity index (χ0v) is 18.9. The number of carbonyl (C=O) groups excluding carboxylic acids is 1. The van der Waals surface area contributed by atoms with Gasteiger partial charge in [-0.1, -0.05) is 0 Å². The Balaban J connectivity index is 1.47. The van der Waals surface area contributed by atoms with Crippen molar-refractivity contribution in [1.29, 1.82) is 0 Å². The number of hydrogen-bond acceptors (Lipinski definition) is 5. The van der Waals surface area contributed by atoms with Crippen molar-refractivity contribution in [3.8, 4) is 11.4 Å². The van der Waals surface area contributed by atoms with Gasteiger partial charge >= 0.3 is 0 Å². The number of methoxy groups -OCH3 is 1. The van der Waals surface area contributed by atoms with E-state index >= 15 is 4.39 Å². The van der Waals surface area contributed by atoms with Gasteiger partial charge in [-0.05, 0) is 52.9 Å². The molecule has 0 bridgehead atoms. The first-order chi connectivity index (χ1) is 15.9. The number of carbonyl (C=O) groups is 1. The van der Waals surface area contributed by atoms with E-state index in [2.05, 4.69) is 36.1 Å². The average molecular weight is 515 g/mol. The molecular weight excluding hydrogens is 498 g/mol. The molecule has 1 aliphatic heterocycles. The molecule has 2 aromatic carbocycles. The first-order valence-electron chi connectivity index (χ1n) is 10.3. The second-order valence-corrected chi connectivity index (χ2v) is 9.09. The van der Waals surface area contributed by atoms with Crippen molar-refractivity contribution in [2.24, 2.45) is 5.92 Å². The van der Waals surface area contributed by atoms with Crippen LogP contribution in [0.2, 0.25) is 0 Å². The Morgan fingerprint density at radius 3 is 2.79 bits per heavy atom. The van der Waals surface area contributed by atoms with Crippen molar-refractivity contribution in [3.05, 3.63) is 64.2 Å². The Morgan fingerprint density at radius 2 is 2.06 bits per heavy atom. The van der Waals surface area contributed by atoms with Crippen LogP contribution in [0.25, 0.3) is 16.7 Å². The quantitative estimate of drug-likeness (QED) is 0.445. The molecule has 0 spiro atoms. The number of halogens is 3. The standard InChI is InChI=1S/C22H17BrF2N6O2/c1-33-17-3-2-16(31-26-5-6-27-31)18(19(17)25)20(32)30-7-4-11-10-22(11,30)21-28-14-8-12(23)13(24)9-15(14)29-21/h2-3,5-6,8-9,11H,4,7,10H2,1H3,(H,28,29)/t11-,22+/m1/s1. The summed E-state index contributed by atoms with van der Waals surface area (Å²) >= 11 is 3.19. The van der Waals surface area contributed by atoms with E-state index in [1.807, 2.05) is 0 Å². The zero-order chi connectivity index (χ0) is 22.9. The summed E-state index contributed by atoms with van der Waals surface area (Å²) in [6.07, 6.45) is 4.37. The van der Waals surface area contributed by atoms with Gasteiger partial charge in [0.2, 0.25) is 0 Å². The molecule has 2 fully saturated rings. The summed E-state index contributed by atoms with van der Waals surface area (Å²) < 4.78 is 34.9. The maximum absolute atomic E-state index is 15.4. The number of nitrogens with one attached hydrogen (secondary N) is 1. The molecule has 11 heteroatoms. The van der Waals surface area contributed by atoms with Crippen molar-refractivity contribution in [3.63, 3.8) is 0 Å². The Labute approximate surface area is 194 Å².